The first-order valence-corrected chi connectivity index (χ1v) is 6.50. The van der Waals surface area contributed by atoms with Crippen LogP contribution in [0.15, 0.2) is 24.3 Å². The van der Waals surface area contributed by atoms with Gasteiger partial charge in [-0.25, -0.2) is 4.79 Å². The standard InChI is InChI=1S/C12H14INO2/c1-16-12(15)14-11-7-9-5-3-2-4-8(9)6-10(11)13/h2-5,10-11H,6-7H2,1H3,(H,14,15). The molecule has 1 aromatic rings. The van der Waals surface area contributed by atoms with E-state index in [1.165, 1.54) is 18.2 Å². The fraction of sp³-hybridized carbons (Fsp3) is 0.417. The summed E-state index contributed by atoms with van der Waals surface area (Å²) in [6.07, 6.45) is 1.55. The maximum atomic E-state index is 11.2. The molecule has 2 atom stereocenters. The number of halogens is 1. The van der Waals surface area contributed by atoms with Crippen molar-refractivity contribution in [2.24, 2.45) is 0 Å². The summed E-state index contributed by atoms with van der Waals surface area (Å²) in [4.78, 5) is 11.2. The van der Waals surface area contributed by atoms with Gasteiger partial charge in [-0.2, -0.15) is 0 Å². The van der Waals surface area contributed by atoms with Crippen LogP contribution >= 0.6 is 22.6 Å². The molecule has 0 saturated heterocycles. The van der Waals surface area contributed by atoms with E-state index >= 15 is 0 Å². The summed E-state index contributed by atoms with van der Waals surface area (Å²) >= 11 is 2.40. The molecule has 86 valence electrons. The predicted octanol–water partition coefficient (Wildman–Crippen LogP) is 2.31. The minimum Gasteiger partial charge on any atom is -0.453 e. The molecule has 0 fully saturated rings. The lowest BCUT2D eigenvalue weighted by molar-refractivity contribution is 0.166. The summed E-state index contributed by atoms with van der Waals surface area (Å²) < 4.78 is 5.06. The van der Waals surface area contributed by atoms with Gasteiger partial charge in [-0.3, -0.25) is 0 Å². The van der Waals surface area contributed by atoms with Crippen LogP contribution in [0.3, 0.4) is 0 Å². The van der Waals surface area contributed by atoms with Gasteiger partial charge in [0, 0.05) is 9.97 Å². The molecule has 0 spiro atoms. The molecule has 3 nitrogen and oxygen atoms in total. The highest BCUT2D eigenvalue weighted by molar-refractivity contribution is 14.1. The number of nitrogens with one attached hydrogen (secondary N) is 1. The van der Waals surface area contributed by atoms with Crippen molar-refractivity contribution in [3.05, 3.63) is 35.4 Å². The predicted molar refractivity (Wildman–Crippen MR) is 71.0 cm³/mol. The molecular weight excluding hydrogens is 317 g/mol. The lowest BCUT2D eigenvalue weighted by atomic mass is 9.88. The highest BCUT2D eigenvalue weighted by Crippen LogP contribution is 2.26. The van der Waals surface area contributed by atoms with Crippen LogP contribution in [0, 0.1) is 0 Å². The van der Waals surface area contributed by atoms with Crippen LogP contribution in [0.4, 0.5) is 4.79 Å². The molecule has 16 heavy (non-hydrogen) atoms. The number of hydrogen-bond acceptors (Lipinski definition) is 2. The number of fused-ring (bicyclic) bond motifs is 1. The average molecular weight is 331 g/mol. The highest BCUT2D eigenvalue weighted by atomic mass is 127. The van der Waals surface area contributed by atoms with E-state index in [9.17, 15) is 4.79 Å². The van der Waals surface area contributed by atoms with Gasteiger partial charge in [0.05, 0.1) is 7.11 Å². The number of carbonyl (C=O) groups excluding carboxylic acids is 1. The Morgan fingerprint density at radius 1 is 1.38 bits per heavy atom. The molecule has 0 aromatic heterocycles. The first-order chi connectivity index (χ1) is 7.70. The molecule has 0 aliphatic heterocycles. The molecular formula is C12H14INO2. The second-order valence-corrected chi connectivity index (χ2v) is 5.54. The monoisotopic (exact) mass is 331 g/mol. The quantitative estimate of drug-likeness (QED) is 0.634. The maximum Gasteiger partial charge on any atom is 0.407 e. The molecule has 1 amide bonds. The third-order valence-electron chi connectivity index (χ3n) is 2.90. The summed E-state index contributed by atoms with van der Waals surface area (Å²) in [6.45, 7) is 0. The summed E-state index contributed by atoms with van der Waals surface area (Å²) in [7, 11) is 1.40. The number of amides is 1. The van der Waals surface area contributed by atoms with Gasteiger partial charge in [0.25, 0.3) is 0 Å². The Labute approximate surface area is 109 Å². The summed E-state index contributed by atoms with van der Waals surface area (Å²) in [6, 6.07) is 8.57. The molecule has 1 N–H and O–H groups in total. The lowest BCUT2D eigenvalue weighted by Crippen LogP contribution is -2.45. The number of rotatable bonds is 1. The third-order valence-corrected chi connectivity index (χ3v) is 4.21. The molecule has 1 aliphatic carbocycles. The van der Waals surface area contributed by atoms with Gasteiger partial charge in [0.15, 0.2) is 0 Å². The summed E-state index contributed by atoms with van der Waals surface area (Å²) in [5.41, 5.74) is 2.72. The Morgan fingerprint density at radius 2 is 2.00 bits per heavy atom. The normalized spacial score (nSPS) is 23.4. The molecule has 4 heteroatoms. The fourth-order valence-electron chi connectivity index (χ4n) is 2.02. The molecule has 0 saturated carbocycles. The molecule has 0 radical (unpaired) electrons. The van der Waals surface area contributed by atoms with Crippen molar-refractivity contribution in [2.45, 2.75) is 22.8 Å². The molecule has 1 aromatic carbocycles. The zero-order valence-corrected chi connectivity index (χ0v) is 11.2. The van der Waals surface area contributed by atoms with Crippen LogP contribution in [0.25, 0.3) is 0 Å². The number of carbonyl (C=O) groups is 1. The topological polar surface area (TPSA) is 38.3 Å². The van der Waals surface area contributed by atoms with Crippen LogP contribution in [0.2, 0.25) is 0 Å². The Kier molecular flexibility index (Phi) is 3.68. The van der Waals surface area contributed by atoms with Crippen molar-refractivity contribution in [3.8, 4) is 0 Å². The SMILES string of the molecule is COC(=O)NC1Cc2ccccc2CC1I. The summed E-state index contributed by atoms with van der Waals surface area (Å²) in [5, 5.41) is 2.89. The van der Waals surface area contributed by atoms with Gasteiger partial charge in [-0.05, 0) is 24.0 Å². The lowest BCUT2D eigenvalue weighted by Gasteiger charge is -2.29. The second-order valence-electron chi connectivity index (χ2n) is 3.94. The van der Waals surface area contributed by atoms with E-state index in [-0.39, 0.29) is 12.1 Å². The Morgan fingerprint density at radius 3 is 2.62 bits per heavy atom. The van der Waals surface area contributed by atoms with Gasteiger partial charge >= 0.3 is 6.09 Å². The number of alkyl carbamates (subject to hydrolysis) is 1. The van der Waals surface area contributed by atoms with E-state index in [4.69, 9.17) is 0 Å². The maximum absolute atomic E-state index is 11.2. The van der Waals surface area contributed by atoms with Gasteiger partial charge in [-0.1, -0.05) is 46.9 Å². The van der Waals surface area contributed by atoms with E-state index in [2.05, 4.69) is 50.8 Å². The van der Waals surface area contributed by atoms with Crippen molar-refractivity contribution in [3.63, 3.8) is 0 Å². The van der Waals surface area contributed by atoms with E-state index in [0.29, 0.717) is 3.92 Å². The van der Waals surface area contributed by atoms with Crippen LogP contribution in [-0.2, 0) is 17.6 Å². The Hall–Kier alpha value is -0.780. The van der Waals surface area contributed by atoms with Crippen LogP contribution < -0.4 is 5.32 Å². The third kappa shape index (κ3) is 2.48. The second kappa shape index (κ2) is 5.03. The van der Waals surface area contributed by atoms with Gasteiger partial charge in [0.2, 0.25) is 0 Å². The van der Waals surface area contributed by atoms with Crippen molar-refractivity contribution in [2.75, 3.05) is 7.11 Å². The van der Waals surface area contributed by atoms with Crippen molar-refractivity contribution >= 4 is 28.7 Å². The zero-order chi connectivity index (χ0) is 11.5. The first-order valence-electron chi connectivity index (χ1n) is 5.26. The number of methoxy groups -OCH3 is 1. The Balaban J connectivity index is 2.12. The van der Waals surface area contributed by atoms with E-state index in [1.54, 1.807) is 0 Å². The molecule has 0 bridgehead atoms. The summed E-state index contributed by atoms with van der Waals surface area (Å²) in [5.74, 6) is 0. The minimum atomic E-state index is -0.342. The molecule has 2 rings (SSSR count). The van der Waals surface area contributed by atoms with Crippen molar-refractivity contribution in [1.29, 1.82) is 0 Å². The van der Waals surface area contributed by atoms with Crippen molar-refractivity contribution in [1.82, 2.24) is 5.32 Å². The van der Waals surface area contributed by atoms with E-state index in [0.717, 1.165) is 12.8 Å². The molecule has 0 heterocycles. The fourth-order valence-corrected chi connectivity index (χ4v) is 2.93. The van der Waals surface area contributed by atoms with Crippen molar-refractivity contribution < 1.29 is 9.53 Å². The van der Waals surface area contributed by atoms with Gasteiger partial charge in [-0.15, -0.1) is 0 Å². The number of hydrogen-bond donors (Lipinski definition) is 1. The average Bonchev–Trinajstić information content (AvgIpc) is 2.30. The van der Waals surface area contributed by atoms with Crippen LogP contribution in [0.5, 0.6) is 0 Å². The minimum absolute atomic E-state index is 0.169. The molecule has 2 unspecified atom stereocenters. The first kappa shape index (κ1) is 11.7. The molecule has 1 aliphatic rings. The Bertz CT molecular complexity index is 394. The highest BCUT2D eigenvalue weighted by Gasteiger charge is 2.27. The zero-order valence-electron chi connectivity index (χ0n) is 9.07. The largest absolute Gasteiger partial charge is 0.453 e. The number of ether oxygens (including phenoxy) is 1. The van der Waals surface area contributed by atoms with E-state index < -0.39 is 0 Å². The van der Waals surface area contributed by atoms with E-state index in [1.807, 2.05) is 6.07 Å². The van der Waals surface area contributed by atoms with Gasteiger partial charge < -0.3 is 10.1 Å². The number of benzene rings is 1. The smallest absolute Gasteiger partial charge is 0.407 e. The number of alkyl halides is 1. The van der Waals surface area contributed by atoms with Crippen LogP contribution in [-0.4, -0.2) is 23.2 Å². The van der Waals surface area contributed by atoms with Gasteiger partial charge in [0.1, 0.15) is 0 Å². The van der Waals surface area contributed by atoms with Crippen LogP contribution in [0.1, 0.15) is 11.1 Å².